The van der Waals surface area contributed by atoms with Crippen LogP contribution in [0.4, 0.5) is 0 Å². The van der Waals surface area contributed by atoms with Crippen molar-refractivity contribution in [1.82, 2.24) is 4.72 Å². The van der Waals surface area contributed by atoms with Gasteiger partial charge in [-0.2, -0.15) is 0 Å². The van der Waals surface area contributed by atoms with Crippen molar-refractivity contribution in [1.29, 1.82) is 0 Å². The van der Waals surface area contributed by atoms with E-state index in [0.29, 0.717) is 5.56 Å². The second kappa shape index (κ2) is 5.23. The van der Waals surface area contributed by atoms with Gasteiger partial charge in [-0.05, 0) is 25.1 Å². The molecule has 0 radical (unpaired) electrons. The van der Waals surface area contributed by atoms with Gasteiger partial charge in [0.15, 0.2) is 0 Å². The number of nitrogens with one attached hydrogen (secondary N) is 1. The van der Waals surface area contributed by atoms with Crippen LogP contribution < -0.4 is 4.72 Å². The lowest BCUT2D eigenvalue weighted by molar-refractivity contribution is 0.181. The Morgan fingerprint density at radius 2 is 2.22 bits per heavy atom. The smallest absolute Gasteiger partial charge is 0.250 e. The van der Waals surface area contributed by atoms with Crippen LogP contribution in [-0.4, -0.2) is 20.1 Å². The summed E-state index contributed by atoms with van der Waals surface area (Å²) in [6.07, 6.45) is 1.89. The van der Waals surface area contributed by atoms with E-state index in [-0.39, 0.29) is 10.8 Å². The third-order valence-corrected chi connectivity index (χ3v) is 5.29. The molecule has 0 fully saturated rings. The molecular formula is C11H13NO4S2. The molecule has 98 valence electrons. The third kappa shape index (κ3) is 2.99. The molecule has 5 nitrogen and oxygen atoms in total. The van der Waals surface area contributed by atoms with Crippen molar-refractivity contribution in [2.24, 2.45) is 0 Å². The maximum absolute atomic E-state index is 11.9. The van der Waals surface area contributed by atoms with E-state index < -0.39 is 16.1 Å². The largest absolute Gasteiger partial charge is 0.472 e. The van der Waals surface area contributed by atoms with Gasteiger partial charge in [0.1, 0.15) is 4.21 Å². The van der Waals surface area contributed by atoms with Gasteiger partial charge < -0.3 is 9.52 Å². The molecule has 18 heavy (non-hydrogen) atoms. The second-order valence-electron chi connectivity index (χ2n) is 3.79. The average Bonchev–Trinajstić information content (AvgIpc) is 2.96. The topological polar surface area (TPSA) is 79.5 Å². The summed E-state index contributed by atoms with van der Waals surface area (Å²) in [5, 5.41) is 9.74. The lowest BCUT2D eigenvalue weighted by atomic mass is 10.2. The molecule has 7 heteroatoms. The Kier molecular flexibility index (Phi) is 3.86. The van der Waals surface area contributed by atoms with E-state index in [1.165, 1.54) is 23.9 Å². The Labute approximate surface area is 109 Å². The molecule has 0 bridgehead atoms. The Hall–Kier alpha value is -1.15. The predicted octanol–water partition coefficient (Wildman–Crippen LogP) is 1.66. The van der Waals surface area contributed by atoms with Gasteiger partial charge in [-0.1, -0.05) is 0 Å². The monoisotopic (exact) mass is 287 g/mol. The first-order chi connectivity index (χ1) is 8.49. The molecular weight excluding hydrogens is 274 g/mol. The molecule has 0 saturated carbocycles. The maximum atomic E-state index is 11.9. The molecule has 2 aromatic rings. The lowest BCUT2D eigenvalue weighted by Gasteiger charge is -2.09. The summed E-state index contributed by atoms with van der Waals surface area (Å²) in [6.45, 7) is 1.75. The van der Waals surface area contributed by atoms with Crippen molar-refractivity contribution in [3.63, 3.8) is 0 Å². The first-order valence-electron chi connectivity index (χ1n) is 5.25. The van der Waals surface area contributed by atoms with Crippen LogP contribution in [0, 0.1) is 6.92 Å². The van der Waals surface area contributed by atoms with E-state index >= 15 is 0 Å². The Bertz CT molecular complexity index is 601. The number of aliphatic hydroxyl groups excluding tert-OH is 1. The summed E-state index contributed by atoms with van der Waals surface area (Å²) in [5.41, 5.74) is 0.542. The summed E-state index contributed by atoms with van der Waals surface area (Å²) in [5.74, 6) is 0. The van der Waals surface area contributed by atoms with Crippen molar-refractivity contribution in [2.45, 2.75) is 17.2 Å². The summed E-state index contributed by atoms with van der Waals surface area (Å²) in [7, 11) is -3.55. The zero-order valence-electron chi connectivity index (χ0n) is 9.66. The van der Waals surface area contributed by atoms with E-state index in [9.17, 15) is 13.5 Å². The fourth-order valence-corrected chi connectivity index (χ4v) is 3.76. The number of sulfonamides is 1. The van der Waals surface area contributed by atoms with Gasteiger partial charge in [-0.25, -0.2) is 13.1 Å². The predicted molar refractivity (Wildman–Crippen MR) is 67.9 cm³/mol. The number of thiophene rings is 1. The molecule has 0 aliphatic heterocycles. The fraction of sp³-hybridized carbons (Fsp3) is 0.273. The molecule has 0 aliphatic rings. The highest BCUT2D eigenvalue weighted by molar-refractivity contribution is 7.91. The summed E-state index contributed by atoms with van der Waals surface area (Å²) < 4.78 is 31.2. The van der Waals surface area contributed by atoms with Gasteiger partial charge in [-0.3, -0.25) is 0 Å². The van der Waals surface area contributed by atoms with Gasteiger partial charge >= 0.3 is 0 Å². The zero-order valence-corrected chi connectivity index (χ0v) is 11.3. The molecule has 0 amide bonds. The van der Waals surface area contributed by atoms with Crippen LogP contribution in [-0.2, 0) is 10.0 Å². The minimum absolute atomic E-state index is 0.0845. The van der Waals surface area contributed by atoms with Crippen LogP contribution in [0.2, 0.25) is 0 Å². The summed E-state index contributed by atoms with van der Waals surface area (Å²) >= 11 is 1.19. The van der Waals surface area contributed by atoms with Crippen molar-refractivity contribution in [3.8, 4) is 0 Å². The Balaban J connectivity index is 2.02. The fourth-order valence-electron chi connectivity index (χ4n) is 1.40. The highest BCUT2D eigenvalue weighted by Crippen LogP contribution is 2.21. The minimum Gasteiger partial charge on any atom is -0.472 e. The third-order valence-electron chi connectivity index (χ3n) is 2.38. The zero-order chi connectivity index (χ0) is 13.2. The van der Waals surface area contributed by atoms with Crippen LogP contribution in [0.15, 0.2) is 39.4 Å². The summed E-state index contributed by atoms with van der Waals surface area (Å²) in [6, 6.07) is 4.88. The van der Waals surface area contributed by atoms with E-state index in [2.05, 4.69) is 4.72 Å². The van der Waals surface area contributed by atoms with Crippen molar-refractivity contribution in [3.05, 3.63) is 41.2 Å². The van der Waals surface area contributed by atoms with Crippen LogP contribution >= 0.6 is 11.3 Å². The minimum atomic E-state index is -3.55. The summed E-state index contributed by atoms with van der Waals surface area (Å²) in [4.78, 5) is 0.922. The molecule has 2 rings (SSSR count). The second-order valence-corrected chi connectivity index (χ2v) is 7.07. The molecule has 0 saturated heterocycles. The Morgan fingerprint density at radius 3 is 2.78 bits per heavy atom. The number of aliphatic hydroxyl groups is 1. The first-order valence-corrected chi connectivity index (χ1v) is 7.55. The molecule has 0 unspecified atom stereocenters. The van der Waals surface area contributed by atoms with E-state index in [1.807, 2.05) is 6.92 Å². The van der Waals surface area contributed by atoms with Gasteiger partial charge in [0, 0.05) is 17.0 Å². The van der Waals surface area contributed by atoms with Crippen LogP contribution in [0.1, 0.15) is 16.5 Å². The SMILES string of the molecule is Cc1ccc(S(=O)(=O)NC[C@H](O)c2ccoc2)s1. The molecule has 2 aromatic heterocycles. The number of hydrogen-bond acceptors (Lipinski definition) is 5. The molecule has 0 aromatic carbocycles. The molecule has 0 spiro atoms. The maximum Gasteiger partial charge on any atom is 0.250 e. The van der Waals surface area contributed by atoms with E-state index in [4.69, 9.17) is 4.42 Å². The van der Waals surface area contributed by atoms with E-state index in [0.717, 1.165) is 4.88 Å². The standard InChI is InChI=1S/C11H13NO4S2/c1-8-2-3-11(17-8)18(14,15)12-6-10(13)9-4-5-16-7-9/h2-5,7,10,12-13H,6H2,1H3/t10-/m0/s1. The van der Waals surface area contributed by atoms with Crippen molar-refractivity contribution in [2.75, 3.05) is 6.54 Å². The van der Waals surface area contributed by atoms with Crippen LogP contribution in [0.3, 0.4) is 0 Å². The molecule has 1 atom stereocenters. The number of rotatable bonds is 5. The highest BCUT2D eigenvalue weighted by Gasteiger charge is 2.18. The Morgan fingerprint density at radius 1 is 1.44 bits per heavy atom. The van der Waals surface area contributed by atoms with Crippen LogP contribution in [0.5, 0.6) is 0 Å². The van der Waals surface area contributed by atoms with E-state index in [1.54, 1.807) is 18.2 Å². The van der Waals surface area contributed by atoms with Crippen molar-refractivity contribution < 1.29 is 17.9 Å². The number of hydrogen-bond donors (Lipinski definition) is 2. The van der Waals surface area contributed by atoms with Gasteiger partial charge in [0.05, 0.1) is 18.6 Å². The quantitative estimate of drug-likeness (QED) is 0.876. The average molecular weight is 287 g/mol. The first kappa shape index (κ1) is 13.3. The molecule has 2 N–H and O–H groups in total. The van der Waals surface area contributed by atoms with Gasteiger partial charge in [0.2, 0.25) is 10.0 Å². The lowest BCUT2D eigenvalue weighted by Crippen LogP contribution is -2.27. The van der Waals surface area contributed by atoms with Crippen molar-refractivity contribution >= 4 is 21.4 Å². The van der Waals surface area contributed by atoms with Crippen LogP contribution in [0.25, 0.3) is 0 Å². The highest BCUT2D eigenvalue weighted by atomic mass is 32.2. The van der Waals surface area contributed by atoms with Gasteiger partial charge in [-0.15, -0.1) is 11.3 Å². The normalized spacial score (nSPS) is 13.7. The molecule has 0 aliphatic carbocycles. The number of furan rings is 1. The molecule has 2 heterocycles. The van der Waals surface area contributed by atoms with Gasteiger partial charge in [0.25, 0.3) is 0 Å². The number of aryl methyl sites for hydroxylation is 1.